The number of rotatable bonds is 8. The largest absolute Gasteiger partial charge is 0.443 e. The van der Waals surface area contributed by atoms with Crippen molar-refractivity contribution >= 4 is 23.2 Å². The van der Waals surface area contributed by atoms with Crippen molar-refractivity contribution in [1.82, 2.24) is 4.90 Å². The van der Waals surface area contributed by atoms with Gasteiger partial charge in [-0.25, -0.2) is 4.79 Å². The Bertz CT molecular complexity index is 2030. The molecule has 0 N–H and O–H groups in total. The van der Waals surface area contributed by atoms with Gasteiger partial charge >= 0.3 is 6.09 Å². The minimum Gasteiger partial charge on any atom is -0.443 e. The Morgan fingerprint density at radius 1 is 0.865 bits per heavy atom. The minimum absolute atomic E-state index is 0.157. The summed E-state index contributed by atoms with van der Waals surface area (Å²) in [6.07, 6.45) is 10.5. The average molecular weight is 697 g/mol. The topological polar surface area (TPSA) is 35.8 Å². The monoisotopic (exact) mass is 696 g/mol. The number of amides is 1. The van der Waals surface area contributed by atoms with Crippen LogP contribution in [0.1, 0.15) is 103 Å². The summed E-state index contributed by atoms with van der Waals surface area (Å²) < 4.78 is 8.59. The molecule has 0 atom stereocenters. The standard InChI is InChI=1S/C47H58N3O2/c1-12-48-39-25-19-32(3)29-37(39)46(8,9)41(48)27-23-35-21-22-36(24-28-42-47(10,11)38-30-33(4)20-26-40(38)49(42)13-2)43(35)50(44(51)52-45(5,6)7)31-34-17-15-14-16-18-34/h14-20,23-30H,12-13,21-22,31H2,1-11H3/q+1. The van der Waals surface area contributed by atoms with Gasteiger partial charge in [0.2, 0.25) is 5.69 Å². The van der Waals surface area contributed by atoms with Crippen molar-refractivity contribution < 1.29 is 14.1 Å². The van der Waals surface area contributed by atoms with Crippen LogP contribution in [0, 0.1) is 13.8 Å². The van der Waals surface area contributed by atoms with Crippen LogP contribution in [0.3, 0.4) is 0 Å². The zero-order valence-corrected chi connectivity index (χ0v) is 33.4. The summed E-state index contributed by atoms with van der Waals surface area (Å²) >= 11 is 0. The van der Waals surface area contributed by atoms with Crippen LogP contribution < -0.4 is 4.90 Å². The molecule has 0 fully saturated rings. The highest BCUT2D eigenvalue weighted by molar-refractivity contribution is 6.03. The van der Waals surface area contributed by atoms with Crippen molar-refractivity contribution in [3.05, 3.63) is 141 Å². The van der Waals surface area contributed by atoms with Crippen LogP contribution in [-0.2, 0) is 22.1 Å². The van der Waals surface area contributed by atoms with Gasteiger partial charge in [-0.05, 0) is 116 Å². The molecule has 3 aliphatic rings. The maximum atomic E-state index is 14.3. The Balaban J connectivity index is 1.51. The van der Waals surface area contributed by atoms with Gasteiger partial charge in [0.1, 0.15) is 12.1 Å². The molecule has 1 amide bonds. The number of hydrogen-bond donors (Lipinski definition) is 0. The molecule has 3 aromatic rings. The first-order valence-electron chi connectivity index (χ1n) is 19.1. The average Bonchev–Trinajstić information content (AvgIpc) is 3.65. The van der Waals surface area contributed by atoms with Crippen LogP contribution in [0.5, 0.6) is 0 Å². The molecule has 272 valence electrons. The molecular weight excluding hydrogens is 639 g/mol. The number of carbonyl (C=O) groups is 1. The van der Waals surface area contributed by atoms with Gasteiger partial charge in [-0.15, -0.1) is 0 Å². The fraction of sp³-hybridized carbons (Fsp3) is 0.404. The number of allylic oxidation sites excluding steroid dienone is 7. The van der Waals surface area contributed by atoms with E-state index in [2.05, 4.69) is 138 Å². The molecule has 3 aromatic carbocycles. The van der Waals surface area contributed by atoms with E-state index in [9.17, 15) is 4.79 Å². The highest BCUT2D eigenvalue weighted by Gasteiger charge is 2.44. The van der Waals surface area contributed by atoms with Gasteiger partial charge in [-0.1, -0.05) is 85.7 Å². The second-order valence-electron chi connectivity index (χ2n) is 16.7. The van der Waals surface area contributed by atoms with Gasteiger partial charge in [0.05, 0.1) is 17.7 Å². The fourth-order valence-electron chi connectivity index (χ4n) is 8.32. The molecule has 0 unspecified atom stereocenters. The zero-order chi connectivity index (χ0) is 37.6. The zero-order valence-electron chi connectivity index (χ0n) is 33.4. The van der Waals surface area contributed by atoms with E-state index in [4.69, 9.17) is 4.74 Å². The summed E-state index contributed by atoms with van der Waals surface area (Å²) in [6, 6.07) is 23.9. The van der Waals surface area contributed by atoms with Crippen LogP contribution in [-0.4, -0.2) is 40.0 Å². The smallest absolute Gasteiger partial charge is 0.415 e. The normalized spacial score (nSPS) is 19.3. The van der Waals surface area contributed by atoms with Crippen LogP contribution >= 0.6 is 0 Å². The van der Waals surface area contributed by atoms with E-state index in [0.29, 0.717) is 6.54 Å². The first kappa shape index (κ1) is 37.1. The highest BCUT2D eigenvalue weighted by atomic mass is 16.6. The summed E-state index contributed by atoms with van der Waals surface area (Å²) in [6.45, 7) is 26.1. The second kappa shape index (κ2) is 14.1. The van der Waals surface area contributed by atoms with E-state index in [0.717, 1.165) is 48.3 Å². The third-order valence-corrected chi connectivity index (χ3v) is 11.0. The summed E-state index contributed by atoms with van der Waals surface area (Å²) in [7, 11) is 0. The Morgan fingerprint density at radius 2 is 1.54 bits per heavy atom. The molecule has 5 nitrogen and oxygen atoms in total. The van der Waals surface area contributed by atoms with Gasteiger partial charge in [0.25, 0.3) is 0 Å². The maximum absolute atomic E-state index is 14.3. The number of ether oxygens (including phenoxy) is 1. The van der Waals surface area contributed by atoms with Gasteiger partial charge in [-0.3, -0.25) is 4.90 Å². The van der Waals surface area contributed by atoms with Crippen molar-refractivity contribution in [2.24, 2.45) is 0 Å². The summed E-state index contributed by atoms with van der Waals surface area (Å²) in [5, 5.41) is 0. The molecule has 1 aliphatic carbocycles. The molecule has 0 radical (unpaired) electrons. The van der Waals surface area contributed by atoms with E-state index in [1.165, 1.54) is 45.0 Å². The lowest BCUT2D eigenvalue weighted by Crippen LogP contribution is -2.36. The number of hydrogen-bond acceptors (Lipinski definition) is 3. The molecule has 0 aromatic heterocycles. The number of benzene rings is 3. The van der Waals surface area contributed by atoms with Gasteiger partial charge in [0, 0.05) is 41.1 Å². The fourth-order valence-corrected chi connectivity index (χ4v) is 8.32. The molecule has 2 aliphatic heterocycles. The van der Waals surface area contributed by atoms with Crippen molar-refractivity contribution in [3.63, 3.8) is 0 Å². The number of anilines is 1. The second-order valence-corrected chi connectivity index (χ2v) is 16.7. The van der Waals surface area contributed by atoms with E-state index in [1.54, 1.807) is 0 Å². The highest BCUT2D eigenvalue weighted by Crippen LogP contribution is 2.48. The lowest BCUT2D eigenvalue weighted by atomic mass is 9.80. The molecule has 5 heteroatoms. The minimum atomic E-state index is -0.637. The van der Waals surface area contributed by atoms with Crippen LogP contribution in [0.4, 0.5) is 16.2 Å². The van der Waals surface area contributed by atoms with Gasteiger partial charge in [0.15, 0.2) is 5.71 Å². The van der Waals surface area contributed by atoms with Crippen molar-refractivity contribution in [3.8, 4) is 0 Å². The molecule has 52 heavy (non-hydrogen) atoms. The molecular formula is C47H58N3O2+. The lowest BCUT2D eigenvalue weighted by molar-refractivity contribution is -0.433. The summed E-state index contributed by atoms with van der Waals surface area (Å²) in [5.41, 5.74) is 13.7. The van der Waals surface area contributed by atoms with E-state index in [-0.39, 0.29) is 16.9 Å². The van der Waals surface area contributed by atoms with Crippen LogP contribution in [0.25, 0.3) is 0 Å². The molecule has 6 rings (SSSR count). The predicted molar refractivity (Wildman–Crippen MR) is 217 cm³/mol. The van der Waals surface area contributed by atoms with E-state index >= 15 is 0 Å². The van der Waals surface area contributed by atoms with Gasteiger partial charge in [-0.2, -0.15) is 4.58 Å². The quantitative estimate of drug-likeness (QED) is 0.220. The lowest BCUT2D eigenvalue weighted by Gasteiger charge is -2.30. The molecule has 0 saturated heterocycles. The summed E-state index contributed by atoms with van der Waals surface area (Å²) in [4.78, 5) is 18.6. The maximum Gasteiger partial charge on any atom is 0.415 e. The molecule has 0 saturated carbocycles. The third-order valence-electron chi connectivity index (χ3n) is 11.0. The SMILES string of the molecule is CCN1/C(=C/C=C2\CCC(/C=C/C3=[N+](CC)c4ccc(C)cc4C3(C)C)=C2N(Cc2ccccc2)C(=O)OC(C)(C)C)C(C)(C)c2cc(C)ccc21. The van der Waals surface area contributed by atoms with Crippen molar-refractivity contribution in [2.45, 2.75) is 112 Å². The number of fused-ring (bicyclic) bond motifs is 2. The summed E-state index contributed by atoms with van der Waals surface area (Å²) in [5.74, 6) is 0. The van der Waals surface area contributed by atoms with Gasteiger partial charge < -0.3 is 9.64 Å². The van der Waals surface area contributed by atoms with Crippen LogP contribution in [0.2, 0.25) is 0 Å². The molecule has 2 heterocycles. The first-order valence-corrected chi connectivity index (χ1v) is 19.1. The van der Waals surface area contributed by atoms with Crippen LogP contribution in [0.15, 0.2) is 114 Å². The van der Waals surface area contributed by atoms with Crippen molar-refractivity contribution in [1.29, 1.82) is 0 Å². The molecule has 0 bridgehead atoms. The van der Waals surface area contributed by atoms with E-state index < -0.39 is 5.60 Å². The molecule has 0 spiro atoms. The van der Waals surface area contributed by atoms with E-state index in [1.807, 2.05) is 43.9 Å². The Hall–Kier alpha value is -4.64. The van der Waals surface area contributed by atoms with Crippen molar-refractivity contribution in [2.75, 3.05) is 18.0 Å². The number of likely N-dealkylation sites (N-methyl/N-ethyl adjacent to an activating group) is 1. The first-order chi connectivity index (χ1) is 24.6. The Kier molecular flexibility index (Phi) is 10.0. The third kappa shape index (κ3) is 6.95. The number of carbonyl (C=O) groups excluding carboxylic acids is 1. The number of aryl methyl sites for hydroxylation is 2. The Labute approximate surface area is 312 Å². The number of nitrogens with zero attached hydrogens (tertiary/aromatic N) is 3. The Morgan fingerprint density at radius 3 is 2.19 bits per heavy atom. The predicted octanol–water partition coefficient (Wildman–Crippen LogP) is 11.4.